The van der Waals surface area contributed by atoms with Crippen molar-refractivity contribution in [2.75, 3.05) is 23.6 Å². The lowest BCUT2D eigenvalue weighted by molar-refractivity contribution is -0.112. The van der Waals surface area contributed by atoms with E-state index >= 15 is 0 Å². The minimum absolute atomic E-state index is 0.142. The summed E-state index contributed by atoms with van der Waals surface area (Å²) in [7, 11) is 3.68. The van der Waals surface area contributed by atoms with Crippen molar-refractivity contribution in [1.82, 2.24) is 4.57 Å². The van der Waals surface area contributed by atoms with E-state index in [1.54, 1.807) is 7.05 Å². The van der Waals surface area contributed by atoms with Crippen molar-refractivity contribution in [3.8, 4) is 0 Å². The molecule has 2 aliphatic rings. The predicted molar refractivity (Wildman–Crippen MR) is 136 cm³/mol. The Hall–Kier alpha value is -3.65. The number of hydrazone groups is 1. The standard InChI is InChI=1S/C26H26N4O3S/c1-6-33-22-19(23(31)30(27-22)16-12-8-7-9-13-16)25-29(5)24(32)20(34-25)21-26(2,3)17-14-10-11-15-18(17)28(21)4/h7-15H,6H2,1-5H3/b21-20+,25-19+. The van der Waals surface area contributed by atoms with Gasteiger partial charge in [-0.25, -0.2) is 0 Å². The number of thiazole rings is 1. The van der Waals surface area contributed by atoms with Gasteiger partial charge in [0.25, 0.3) is 11.5 Å². The zero-order chi connectivity index (χ0) is 24.2. The number of carbonyl (C=O) groups is 1. The van der Waals surface area contributed by atoms with Gasteiger partial charge in [0, 0.05) is 25.2 Å². The summed E-state index contributed by atoms with van der Waals surface area (Å²) in [4.78, 5) is 29.2. The summed E-state index contributed by atoms with van der Waals surface area (Å²) in [6.07, 6.45) is 0. The third-order valence-corrected chi connectivity index (χ3v) is 7.63. The van der Waals surface area contributed by atoms with Gasteiger partial charge in [0.1, 0.15) is 14.8 Å². The third kappa shape index (κ3) is 3.13. The molecule has 5 rings (SSSR count). The minimum Gasteiger partial charge on any atom is -0.476 e. The molecule has 0 aliphatic carbocycles. The summed E-state index contributed by atoms with van der Waals surface area (Å²) in [6, 6.07) is 17.4. The molecule has 2 aliphatic heterocycles. The minimum atomic E-state index is -0.364. The number of nitrogens with zero attached hydrogens (tertiary/aromatic N) is 4. The molecule has 0 saturated carbocycles. The second-order valence-electron chi connectivity index (χ2n) is 8.82. The largest absolute Gasteiger partial charge is 0.476 e. The monoisotopic (exact) mass is 474 g/mol. The van der Waals surface area contributed by atoms with Crippen molar-refractivity contribution in [2.24, 2.45) is 12.1 Å². The lowest BCUT2D eigenvalue weighted by atomic mass is 9.84. The fourth-order valence-electron chi connectivity index (χ4n) is 4.77. The summed E-state index contributed by atoms with van der Waals surface area (Å²) >= 11 is 1.31. The van der Waals surface area contributed by atoms with Gasteiger partial charge in [-0.2, -0.15) is 5.01 Å². The van der Waals surface area contributed by atoms with Gasteiger partial charge in [-0.3, -0.25) is 9.59 Å². The first kappa shape index (κ1) is 22.2. The Morgan fingerprint density at radius 3 is 2.35 bits per heavy atom. The zero-order valence-electron chi connectivity index (χ0n) is 19.8. The molecule has 0 saturated heterocycles. The zero-order valence-corrected chi connectivity index (χ0v) is 20.6. The first-order chi connectivity index (χ1) is 16.3. The molecule has 8 heteroatoms. The van der Waals surface area contributed by atoms with E-state index in [0.717, 1.165) is 11.4 Å². The smallest absolute Gasteiger partial charge is 0.287 e. The van der Waals surface area contributed by atoms with Gasteiger partial charge in [-0.1, -0.05) is 50.2 Å². The average Bonchev–Trinajstić information content (AvgIpc) is 3.37. The van der Waals surface area contributed by atoms with Gasteiger partial charge in [-0.05, 0) is 30.7 Å². The predicted octanol–water partition coefficient (Wildman–Crippen LogP) is 2.53. The maximum atomic E-state index is 13.5. The molecular weight excluding hydrogens is 448 g/mol. The number of benzene rings is 2. The van der Waals surface area contributed by atoms with Crippen LogP contribution in [0.3, 0.4) is 0 Å². The van der Waals surface area contributed by atoms with E-state index in [9.17, 15) is 9.59 Å². The molecule has 1 aromatic heterocycles. The molecule has 0 bridgehead atoms. The Morgan fingerprint density at radius 1 is 1.00 bits per heavy atom. The quantitative estimate of drug-likeness (QED) is 0.573. The Morgan fingerprint density at radius 2 is 1.68 bits per heavy atom. The fraction of sp³-hybridized carbons (Fsp3) is 0.269. The Kier molecular flexibility index (Phi) is 5.20. The van der Waals surface area contributed by atoms with Crippen LogP contribution < -0.4 is 24.7 Å². The first-order valence-electron chi connectivity index (χ1n) is 11.2. The number of fused-ring (bicyclic) bond motifs is 1. The number of para-hydroxylation sites is 2. The second kappa shape index (κ2) is 7.99. The number of amides is 1. The third-order valence-electron chi connectivity index (χ3n) is 6.39. The number of hydrogen-bond acceptors (Lipinski definition) is 6. The summed E-state index contributed by atoms with van der Waals surface area (Å²) in [5.41, 5.74) is 3.61. The molecule has 174 valence electrons. The number of ether oxygens (including phenoxy) is 1. The van der Waals surface area contributed by atoms with Crippen molar-refractivity contribution in [2.45, 2.75) is 26.2 Å². The fourth-order valence-corrected chi connectivity index (χ4v) is 6.17. The highest BCUT2D eigenvalue weighted by atomic mass is 32.1. The Balaban J connectivity index is 1.78. The average molecular weight is 475 g/mol. The van der Waals surface area contributed by atoms with Crippen LogP contribution in [0.5, 0.6) is 0 Å². The highest BCUT2D eigenvalue weighted by Gasteiger charge is 2.40. The van der Waals surface area contributed by atoms with Crippen LogP contribution in [0.1, 0.15) is 26.3 Å². The molecule has 0 N–H and O–H groups in total. The summed E-state index contributed by atoms with van der Waals surface area (Å²) in [6.45, 7) is 6.45. The summed E-state index contributed by atoms with van der Waals surface area (Å²) in [5, 5.41) is 5.79. The molecule has 0 atom stereocenters. The van der Waals surface area contributed by atoms with Crippen LogP contribution in [0.25, 0.3) is 11.3 Å². The number of likely N-dealkylation sites (N-methyl/N-ethyl adjacent to an activating group) is 1. The number of aromatic nitrogens is 1. The van der Waals surface area contributed by atoms with Crippen molar-refractivity contribution >= 4 is 45.8 Å². The highest BCUT2D eigenvalue weighted by Crippen LogP contribution is 2.46. The van der Waals surface area contributed by atoms with E-state index < -0.39 is 0 Å². The van der Waals surface area contributed by atoms with Gasteiger partial charge in [0.05, 0.1) is 18.0 Å². The number of carbonyl (C=O) groups excluding carboxylic acids is 1. The molecule has 1 amide bonds. The SMILES string of the molecule is CCOC1=NN(c2ccccc2)C(=O)/C1=c1/s/c(=C2/N(C)c3ccccc3C2(C)C)c(=O)n1C. The topological polar surface area (TPSA) is 67.1 Å². The van der Waals surface area contributed by atoms with Crippen molar-refractivity contribution in [3.63, 3.8) is 0 Å². The van der Waals surface area contributed by atoms with E-state index in [1.807, 2.05) is 56.4 Å². The molecule has 0 spiro atoms. The first-order valence-corrected chi connectivity index (χ1v) is 12.0. The second-order valence-corrected chi connectivity index (χ2v) is 9.82. The van der Waals surface area contributed by atoms with Gasteiger partial charge in [-0.15, -0.1) is 16.4 Å². The number of anilines is 2. The summed E-state index contributed by atoms with van der Waals surface area (Å²) in [5.74, 6) is -0.0857. The van der Waals surface area contributed by atoms with Crippen LogP contribution in [0.2, 0.25) is 0 Å². The highest BCUT2D eigenvalue weighted by molar-refractivity contribution is 7.08. The van der Waals surface area contributed by atoms with Gasteiger partial charge in [0.2, 0.25) is 5.90 Å². The molecule has 0 unspecified atom stereocenters. The van der Waals surface area contributed by atoms with Crippen LogP contribution >= 0.6 is 11.3 Å². The van der Waals surface area contributed by atoms with Crippen LogP contribution in [-0.4, -0.2) is 30.0 Å². The van der Waals surface area contributed by atoms with Gasteiger partial charge < -0.3 is 14.2 Å². The van der Waals surface area contributed by atoms with Crippen LogP contribution in [0, 0.1) is 0 Å². The van der Waals surface area contributed by atoms with Crippen molar-refractivity contribution in [1.29, 1.82) is 0 Å². The van der Waals surface area contributed by atoms with E-state index in [0.29, 0.717) is 27.1 Å². The maximum absolute atomic E-state index is 13.5. The lowest BCUT2D eigenvalue weighted by Crippen LogP contribution is -2.37. The van der Waals surface area contributed by atoms with Crippen LogP contribution in [0.4, 0.5) is 11.4 Å². The van der Waals surface area contributed by atoms with Crippen molar-refractivity contribution < 1.29 is 9.53 Å². The number of rotatable bonds is 2. The molecule has 3 aromatic rings. The lowest BCUT2D eigenvalue weighted by Gasteiger charge is -2.23. The van der Waals surface area contributed by atoms with Gasteiger partial charge >= 0.3 is 0 Å². The van der Waals surface area contributed by atoms with Gasteiger partial charge in [0.15, 0.2) is 0 Å². The normalized spacial score (nSPS) is 20.0. The number of hydrogen-bond donors (Lipinski definition) is 0. The van der Waals surface area contributed by atoms with Crippen LogP contribution in [0.15, 0.2) is 64.5 Å². The Bertz CT molecular complexity index is 1520. The molecule has 0 radical (unpaired) electrons. The molecule has 3 heterocycles. The summed E-state index contributed by atoms with van der Waals surface area (Å²) < 4.78 is 8.43. The van der Waals surface area contributed by atoms with E-state index in [2.05, 4.69) is 36.0 Å². The van der Waals surface area contributed by atoms with E-state index in [4.69, 9.17) is 4.74 Å². The maximum Gasteiger partial charge on any atom is 0.287 e. The molecule has 7 nitrogen and oxygen atoms in total. The molecular formula is C26H26N4O3S. The van der Waals surface area contributed by atoms with E-state index in [-0.39, 0.29) is 22.8 Å². The van der Waals surface area contributed by atoms with Crippen LogP contribution in [-0.2, 0) is 22.0 Å². The van der Waals surface area contributed by atoms with Crippen molar-refractivity contribution in [3.05, 3.63) is 79.7 Å². The van der Waals surface area contributed by atoms with E-state index in [1.165, 1.54) is 26.5 Å². The molecule has 0 fully saturated rings. The Labute approximate surface area is 201 Å². The molecule has 2 aromatic carbocycles. The molecule has 34 heavy (non-hydrogen) atoms.